The third-order valence-electron chi connectivity index (χ3n) is 4.91. The van der Waals surface area contributed by atoms with Crippen LogP contribution in [0.5, 0.6) is 0 Å². The van der Waals surface area contributed by atoms with E-state index in [2.05, 4.69) is 92.6 Å². The SMILES string of the molecule is CCCCCC/C=C/C=C(/C#Cc1ccccc1)[Si](C)(C)c1ccccc1. The highest BCUT2D eigenvalue weighted by molar-refractivity contribution is 6.96. The van der Waals surface area contributed by atoms with E-state index in [1.54, 1.807) is 0 Å². The van der Waals surface area contributed by atoms with Gasteiger partial charge in [0.2, 0.25) is 0 Å². The first-order valence-electron chi connectivity index (χ1n) is 10.1. The van der Waals surface area contributed by atoms with Gasteiger partial charge in [-0.3, -0.25) is 0 Å². The molecule has 0 spiro atoms. The largest absolute Gasteiger partial charge is 0.122 e. The number of hydrogen-bond acceptors (Lipinski definition) is 0. The molecule has 1 heteroatoms. The molecule has 0 aromatic heterocycles. The Morgan fingerprint density at radius 1 is 0.889 bits per heavy atom. The van der Waals surface area contributed by atoms with Crippen LogP contribution in [0.15, 0.2) is 84.1 Å². The Bertz CT molecular complexity index is 786. The summed E-state index contributed by atoms with van der Waals surface area (Å²) in [6.45, 7) is 7.04. The van der Waals surface area contributed by atoms with Gasteiger partial charge in [0.15, 0.2) is 0 Å². The Hall–Kier alpha value is -2.30. The van der Waals surface area contributed by atoms with E-state index in [4.69, 9.17) is 0 Å². The summed E-state index contributed by atoms with van der Waals surface area (Å²) in [4.78, 5) is 0. The molecular formula is C26H32Si. The van der Waals surface area contributed by atoms with E-state index in [0.717, 1.165) is 12.0 Å². The van der Waals surface area contributed by atoms with Crippen LogP contribution >= 0.6 is 0 Å². The van der Waals surface area contributed by atoms with Gasteiger partial charge in [-0.15, -0.1) is 0 Å². The van der Waals surface area contributed by atoms with E-state index in [-0.39, 0.29) is 0 Å². The Labute approximate surface area is 167 Å². The first kappa shape index (κ1) is 21.0. The van der Waals surface area contributed by atoms with Gasteiger partial charge in [-0.05, 0) is 30.2 Å². The maximum Gasteiger partial charge on any atom is 0.122 e. The average Bonchev–Trinajstić information content (AvgIpc) is 2.70. The standard InChI is InChI=1S/C26H32Si/c1-4-5-6-7-8-9-14-21-26(23-22-24-17-12-10-13-18-24)27(2,3)25-19-15-11-16-20-25/h9-21H,4-8H2,1-3H3/b14-9+,26-21-. The van der Waals surface area contributed by atoms with Crippen LogP contribution in [0, 0.1) is 11.8 Å². The summed E-state index contributed by atoms with van der Waals surface area (Å²) in [6, 6.07) is 21.1. The molecule has 0 unspecified atom stereocenters. The van der Waals surface area contributed by atoms with Gasteiger partial charge in [0.25, 0.3) is 0 Å². The fraction of sp³-hybridized carbons (Fsp3) is 0.308. The number of benzene rings is 2. The first-order valence-corrected chi connectivity index (χ1v) is 13.1. The van der Waals surface area contributed by atoms with Crippen molar-refractivity contribution in [3.63, 3.8) is 0 Å². The molecule has 2 aromatic carbocycles. The Morgan fingerprint density at radius 2 is 1.56 bits per heavy atom. The lowest BCUT2D eigenvalue weighted by Crippen LogP contribution is -2.43. The fourth-order valence-corrected chi connectivity index (χ4v) is 5.25. The fourth-order valence-electron chi connectivity index (χ4n) is 3.03. The zero-order valence-electron chi connectivity index (χ0n) is 17.0. The second kappa shape index (κ2) is 11.4. The van der Waals surface area contributed by atoms with Crippen molar-refractivity contribution in [1.29, 1.82) is 0 Å². The second-order valence-corrected chi connectivity index (χ2v) is 11.8. The van der Waals surface area contributed by atoms with E-state index in [0.29, 0.717) is 0 Å². The Kier molecular flexibility index (Phi) is 8.88. The third-order valence-corrected chi connectivity index (χ3v) is 8.32. The van der Waals surface area contributed by atoms with Crippen LogP contribution in [0.2, 0.25) is 13.1 Å². The summed E-state index contributed by atoms with van der Waals surface area (Å²) >= 11 is 0. The number of unbranched alkanes of at least 4 members (excludes halogenated alkanes) is 4. The van der Waals surface area contributed by atoms with E-state index < -0.39 is 8.07 Å². The zero-order chi connectivity index (χ0) is 19.4. The van der Waals surface area contributed by atoms with Crippen LogP contribution in [-0.2, 0) is 0 Å². The number of rotatable bonds is 8. The molecule has 0 aliphatic heterocycles. The van der Waals surface area contributed by atoms with Gasteiger partial charge in [-0.2, -0.15) is 0 Å². The molecule has 0 saturated carbocycles. The molecule has 0 atom stereocenters. The topological polar surface area (TPSA) is 0 Å². The maximum atomic E-state index is 3.51. The summed E-state index contributed by atoms with van der Waals surface area (Å²) in [5.41, 5.74) is 1.07. The second-order valence-electron chi connectivity index (χ2n) is 7.46. The van der Waals surface area contributed by atoms with Crippen molar-refractivity contribution in [1.82, 2.24) is 0 Å². The summed E-state index contributed by atoms with van der Waals surface area (Å²) in [5.74, 6) is 6.88. The third kappa shape index (κ3) is 7.08. The first-order chi connectivity index (χ1) is 13.1. The quantitative estimate of drug-likeness (QED) is 0.211. The molecule has 0 nitrogen and oxygen atoms in total. The molecule has 0 radical (unpaired) electrons. The van der Waals surface area contributed by atoms with Gasteiger partial charge in [-0.1, -0.05) is 123 Å². The predicted octanol–water partition coefficient (Wildman–Crippen LogP) is 6.65. The molecule has 0 heterocycles. The van der Waals surface area contributed by atoms with Crippen LogP contribution in [0.25, 0.3) is 0 Å². The lowest BCUT2D eigenvalue weighted by Gasteiger charge is -2.23. The van der Waals surface area contributed by atoms with Crippen LogP contribution in [0.3, 0.4) is 0 Å². The highest BCUT2D eigenvalue weighted by Gasteiger charge is 2.27. The molecule has 0 amide bonds. The van der Waals surface area contributed by atoms with E-state index in [1.807, 2.05) is 18.2 Å². The minimum Gasteiger partial charge on any atom is -0.0845 e. The molecule has 0 aliphatic carbocycles. The maximum absolute atomic E-state index is 3.51. The Balaban J connectivity index is 2.22. The molecular weight excluding hydrogens is 340 g/mol. The summed E-state index contributed by atoms with van der Waals surface area (Å²) in [5, 5.41) is 2.71. The van der Waals surface area contributed by atoms with Crippen LogP contribution in [0.1, 0.15) is 44.6 Å². The van der Waals surface area contributed by atoms with Gasteiger partial charge >= 0.3 is 0 Å². The van der Waals surface area contributed by atoms with Crippen molar-refractivity contribution < 1.29 is 0 Å². The molecule has 140 valence electrons. The average molecular weight is 373 g/mol. The van der Waals surface area contributed by atoms with Gasteiger partial charge in [0.05, 0.1) is 0 Å². The van der Waals surface area contributed by atoms with Gasteiger partial charge in [-0.25, -0.2) is 0 Å². The van der Waals surface area contributed by atoms with Crippen molar-refractivity contribution >= 4 is 13.3 Å². The summed E-state index contributed by atoms with van der Waals surface area (Å²) in [7, 11) is -1.81. The molecule has 27 heavy (non-hydrogen) atoms. The highest BCUT2D eigenvalue weighted by atomic mass is 28.3. The van der Waals surface area contributed by atoms with Crippen molar-refractivity contribution in [3.8, 4) is 11.8 Å². The van der Waals surface area contributed by atoms with Gasteiger partial charge < -0.3 is 0 Å². The molecule has 2 aromatic rings. The molecule has 0 saturated heterocycles. The number of hydrogen-bond donors (Lipinski definition) is 0. The van der Waals surface area contributed by atoms with Crippen molar-refractivity contribution in [3.05, 3.63) is 89.7 Å². The number of allylic oxidation sites excluding steroid dienone is 4. The zero-order valence-corrected chi connectivity index (χ0v) is 18.0. The molecule has 0 bridgehead atoms. The van der Waals surface area contributed by atoms with Crippen LogP contribution in [0.4, 0.5) is 0 Å². The van der Waals surface area contributed by atoms with E-state index in [1.165, 1.54) is 36.1 Å². The molecule has 2 rings (SSSR count). The molecule has 0 fully saturated rings. The van der Waals surface area contributed by atoms with Gasteiger partial charge in [0, 0.05) is 5.56 Å². The lowest BCUT2D eigenvalue weighted by molar-refractivity contribution is 0.674. The summed E-state index contributed by atoms with van der Waals surface area (Å²) < 4.78 is 0. The predicted molar refractivity (Wildman–Crippen MR) is 123 cm³/mol. The highest BCUT2D eigenvalue weighted by Crippen LogP contribution is 2.16. The van der Waals surface area contributed by atoms with Crippen molar-refractivity contribution in [2.45, 2.75) is 52.1 Å². The van der Waals surface area contributed by atoms with E-state index >= 15 is 0 Å². The normalized spacial score (nSPS) is 12.0. The smallest absolute Gasteiger partial charge is 0.0845 e. The van der Waals surface area contributed by atoms with Crippen molar-refractivity contribution in [2.75, 3.05) is 0 Å². The summed E-state index contributed by atoms with van der Waals surface area (Å²) in [6.07, 6.45) is 13.2. The molecule has 0 aliphatic rings. The Morgan fingerprint density at radius 3 is 2.22 bits per heavy atom. The van der Waals surface area contributed by atoms with E-state index in [9.17, 15) is 0 Å². The van der Waals surface area contributed by atoms with Gasteiger partial charge in [0.1, 0.15) is 8.07 Å². The minimum atomic E-state index is -1.81. The molecule has 0 N–H and O–H groups in total. The van der Waals surface area contributed by atoms with Crippen molar-refractivity contribution in [2.24, 2.45) is 0 Å². The van der Waals surface area contributed by atoms with Crippen LogP contribution < -0.4 is 5.19 Å². The van der Waals surface area contributed by atoms with Crippen LogP contribution in [-0.4, -0.2) is 8.07 Å². The lowest BCUT2D eigenvalue weighted by atomic mass is 10.1. The monoisotopic (exact) mass is 372 g/mol. The minimum absolute atomic E-state index is 1.07.